The molecule has 0 spiro atoms. The number of anilines is 2. The van der Waals surface area contributed by atoms with Gasteiger partial charge in [0.2, 0.25) is 0 Å². The highest BCUT2D eigenvalue weighted by molar-refractivity contribution is 6.01. The highest BCUT2D eigenvalue weighted by Crippen LogP contribution is 2.22. The van der Waals surface area contributed by atoms with Crippen LogP contribution in [0.5, 0.6) is 0 Å². The van der Waals surface area contributed by atoms with Gasteiger partial charge in [-0.3, -0.25) is 4.90 Å². The number of pyridine rings is 2. The van der Waals surface area contributed by atoms with Crippen LogP contribution in [-0.4, -0.2) is 72.1 Å². The van der Waals surface area contributed by atoms with Crippen LogP contribution in [0, 0.1) is 11.8 Å². The van der Waals surface area contributed by atoms with Crippen LogP contribution in [0.1, 0.15) is 36.8 Å². The Kier molecular flexibility index (Phi) is 9.78. The highest BCUT2D eigenvalue weighted by Gasteiger charge is 2.23. The number of nitrogen functional groups attached to an aromatic ring is 2. The van der Waals surface area contributed by atoms with Crippen molar-refractivity contribution in [1.82, 2.24) is 19.8 Å². The molecule has 9 nitrogen and oxygen atoms in total. The fourth-order valence-corrected chi connectivity index (χ4v) is 4.40. The van der Waals surface area contributed by atoms with E-state index in [-0.39, 0.29) is 5.92 Å². The lowest BCUT2D eigenvalue weighted by Gasteiger charge is -2.29. The van der Waals surface area contributed by atoms with E-state index in [1.165, 1.54) is 5.56 Å². The third-order valence-electron chi connectivity index (χ3n) is 6.45. The largest absolute Gasteiger partial charge is 0.399 e. The van der Waals surface area contributed by atoms with E-state index in [9.17, 15) is 4.79 Å². The summed E-state index contributed by atoms with van der Waals surface area (Å²) in [5.74, 6) is 1.80. The Labute approximate surface area is 202 Å². The molecule has 34 heavy (non-hydrogen) atoms. The minimum Gasteiger partial charge on any atom is -0.399 e. The Bertz CT molecular complexity index is 919. The average molecular weight is 468 g/mol. The molecule has 0 saturated carbocycles. The summed E-state index contributed by atoms with van der Waals surface area (Å²) in [4.78, 5) is 28.4. The van der Waals surface area contributed by atoms with Crippen LogP contribution in [-0.2, 0) is 16.2 Å². The van der Waals surface area contributed by atoms with Crippen molar-refractivity contribution in [3.63, 3.8) is 0 Å². The van der Waals surface area contributed by atoms with Crippen molar-refractivity contribution in [2.75, 3.05) is 51.8 Å². The van der Waals surface area contributed by atoms with E-state index in [0.717, 1.165) is 76.0 Å². The number of oxime groups is 1. The summed E-state index contributed by atoms with van der Waals surface area (Å²) in [5, 5.41) is 4.19. The van der Waals surface area contributed by atoms with E-state index in [2.05, 4.69) is 32.0 Å². The zero-order valence-electron chi connectivity index (χ0n) is 20.3. The number of aromatic nitrogens is 2. The monoisotopic (exact) mass is 467 g/mol. The SMILES string of the molecule is CON=C(c1ccc(N)nc1)C1CCN(C)CC1.Nc1cc(CN2CCC(C=O)CC2)ccn1. The normalized spacial score (nSPS) is 18.7. The minimum absolute atomic E-state index is 0.263. The molecule has 2 saturated heterocycles. The Morgan fingerprint density at radius 2 is 1.82 bits per heavy atom. The molecule has 0 atom stereocenters. The Hall–Kier alpha value is -3.04. The summed E-state index contributed by atoms with van der Waals surface area (Å²) < 4.78 is 0. The van der Waals surface area contributed by atoms with Gasteiger partial charge in [-0.2, -0.15) is 0 Å². The zero-order valence-corrected chi connectivity index (χ0v) is 20.3. The van der Waals surface area contributed by atoms with Crippen LogP contribution in [0.4, 0.5) is 11.6 Å². The summed E-state index contributed by atoms with van der Waals surface area (Å²) in [6.45, 7) is 5.07. The van der Waals surface area contributed by atoms with Gasteiger partial charge in [-0.25, -0.2) is 9.97 Å². The molecule has 2 aromatic rings. The predicted octanol–water partition coefficient (Wildman–Crippen LogP) is 2.43. The molecule has 0 aromatic carbocycles. The smallest absolute Gasteiger partial charge is 0.123 e. The molecule has 0 radical (unpaired) electrons. The van der Waals surface area contributed by atoms with Crippen LogP contribution in [0.3, 0.4) is 0 Å². The number of aldehydes is 1. The number of likely N-dealkylation sites (tertiary alicyclic amines) is 2. The summed E-state index contributed by atoms with van der Waals surface area (Å²) in [7, 11) is 3.73. The molecular weight excluding hydrogens is 430 g/mol. The fourth-order valence-electron chi connectivity index (χ4n) is 4.40. The number of rotatable bonds is 6. The lowest BCUT2D eigenvalue weighted by Crippen LogP contribution is -2.34. The molecule has 0 amide bonds. The Morgan fingerprint density at radius 1 is 1.09 bits per heavy atom. The first-order valence-corrected chi connectivity index (χ1v) is 11.9. The molecule has 4 heterocycles. The predicted molar refractivity (Wildman–Crippen MR) is 135 cm³/mol. The fraction of sp³-hybridized carbons (Fsp3) is 0.520. The standard InChI is InChI=1S/C13H20N4O.C12H17N3O/c1-17-7-5-10(6-8-17)13(16-18-2)11-3-4-12(14)15-9-11;13-12-7-11(1-4-14-12)8-15-5-2-10(9-16)3-6-15/h3-4,9-10H,5-8H2,1-2H3,(H2,14,15);1,4,7,9-10H,2-3,5-6,8H2,(H2,13,14). The molecular formula is C25H37N7O2. The Balaban J connectivity index is 0.000000192. The van der Waals surface area contributed by atoms with Crippen molar-refractivity contribution in [3.8, 4) is 0 Å². The van der Waals surface area contributed by atoms with Crippen LogP contribution in [0.2, 0.25) is 0 Å². The van der Waals surface area contributed by atoms with E-state index in [4.69, 9.17) is 16.3 Å². The second-order valence-corrected chi connectivity index (χ2v) is 9.05. The van der Waals surface area contributed by atoms with E-state index in [1.807, 2.05) is 18.2 Å². The summed E-state index contributed by atoms with van der Waals surface area (Å²) in [5.41, 5.74) is 14.4. The van der Waals surface area contributed by atoms with Gasteiger partial charge in [0.15, 0.2) is 0 Å². The van der Waals surface area contributed by atoms with Gasteiger partial charge in [0, 0.05) is 36.3 Å². The maximum Gasteiger partial charge on any atom is 0.123 e. The molecule has 2 aliphatic heterocycles. The van der Waals surface area contributed by atoms with Gasteiger partial charge in [0.25, 0.3) is 0 Å². The van der Waals surface area contributed by atoms with E-state index < -0.39 is 0 Å². The average Bonchev–Trinajstić information content (AvgIpc) is 2.85. The van der Waals surface area contributed by atoms with Crippen molar-refractivity contribution in [2.45, 2.75) is 32.2 Å². The van der Waals surface area contributed by atoms with Crippen molar-refractivity contribution in [1.29, 1.82) is 0 Å². The molecule has 0 aliphatic carbocycles. The second-order valence-electron chi connectivity index (χ2n) is 9.05. The number of carbonyl (C=O) groups excluding carboxylic acids is 1. The first kappa shape index (κ1) is 25.6. The first-order valence-electron chi connectivity index (χ1n) is 11.9. The number of carbonyl (C=O) groups is 1. The summed E-state index contributed by atoms with van der Waals surface area (Å²) in [6.07, 6.45) is 8.75. The van der Waals surface area contributed by atoms with Gasteiger partial charge in [-0.15, -0.1) is 0 Å². The maximum absolute atomic E-state index is 10.6. The molecule has 4 N–H and O–H groups in total. The molecule has 4 rings (SSSR count). The molecule has 2 aliphatic rings. The minimum atomic E-state index is 0.263. The Morgan fingerprint density at radius 3 is 2.41 bits per heavy atom. The van der Waals surface area contributed by atoms with Crippen LogP contribution >= 0.6 is 0 Å². The van der Waals surface area contributed by atoms with Gasteiger partial charge in [-0.1, -0.05) is 5.16 Å². The first-order chi connectivity index (χ1) is 16.5. The van der Waals surface area contributed by atoms with E-state index >= 15 is 0 Å². The third kappa shape index (κ3) is 7.78. The number of piperidine rings is 2. The number of hydrogen-bond acceptors (Lipinski definition) is 9. The van der Waals surface area contributed by atoms with E-state index in [0.29, 0.717) is 17.6 Å². The molecule has 0 bridgehead atoms. The van der Waals surface area contributed by atoms with Gasteiger partial charge in [-0.05, 0) is 88.7 Å². The lowest BCUT2D eigenvalue weighted by atomic mass is 9.89. The zero-order chi connectivity index (χ0) is 24.3. The molecule has 2 fully saturated rings. The molecule has 2 aromatic heterocycles. The summed E-state index contributed by atoms with van der Waals surface area (Å²) >= 11 is 0. The lowest BCUT2D eigenvalue weighted by molar-refractivity contribution is -0.112. The van der Waals surface area contributed by atoms with Crippen LogP contribution in [0.25, 0.3) is 0 Å². The van der Waals surface area contributed by atoms with Crippen molar-refractivity contribution in [2.24, 2.45) is 17.0 Å². The van der Waals surface area contributed by atoms with Gasteiger partial charge >= 0.3 is 0 Å². The highest BCUT2D eigenvalue weighted by atomic mass is 16.6. The van der Waals surface area contributed by atoms with Gasteiger partial charge < -0.3 is 26.0 Å². The number of nitrogens with two attached hydrogens (primary N) is 2. The van der Waals surface area contributed by atoms with E-state index in [1.54, 1.807) is 25.6 Å². The van der Waals surface area contributed by atoms with Crippen molar-refractivity contribution < 1.29 is 9.63 Å². The van der Waals surface area contributed by atoms with Gasteiger partial charge in [0.1, 0.15) is 25.0 Å². The quantitative estimate of drug-likeness (QED) is 0.377. The van der Waals surface area contributed by atoms with Gasteiger partial charge in [0.05, 0.1) is 5.71 Å². The van der Waals surface area contributed by atoms with Crippen LogP contribution < -0.4 is 11.5 Å². The van der Waals surface area contributed by atoms with Crippen molar-refractivity contribution in [3.05, 3.63) is 47.8 Å². The number of hydrogen-bond donors (Lipinski definition) is 2. The second kappa shape index (κ2) is 13.0. The van der Waals surface area contributed by atoms with Crippen molar-refractivity contribution >= 4 is 23.6 Å². The topological polar surface area (TPSA) is 123 Å². The third-order valence-corrected chi connectivity index (χ3v) is 6.45. The molecule has 0 unspecified atom stereocenters. The maximum atomic E-state index is 10.6. The molecule has 184 valence electrons. The molecule has 9 heteroatoms. The summed E-state index contributed by atoms with van der Waals surface area (Å²) in [6, 6.07) is 7.65. The number of nitrogens with zero attached hydrogens (tertiary/aromatic N) is 5. The van der Waals surface area contributed by atoms with Crippen LogP contribution in [0.15, 0.2) is 41.8 Å².